The number of nitrogens with two attached hydrogens (primary N) is 1. The quantitative estimate of drug-likeness (QED) is 0.718. The molecule has 3 heterocycles. The van der Waals surface area contributed by atoms with Crippen LogP contribution in [0.1, 0.15) is 49.7 Å². The number of carbonyl (C=O) groups is 1. The lowest BCUT2D eigenvalue weighted by molar-refractivity contribution is 0.100. The van der Waals surface area contributed by atoms with Crippen molar-refractivity contribution in [3.63, 3.8) is 0 Å². The summed E-state index contributed by atoms with van der Waals surface area (Å²) in [6.07, 6.45) is 7.55. The van der Waals surface area contributed by atoms with Gasteiger partial charge in [-0.15, -0.1) is 0 Å². The molecule has 1 fully saturated rings. The number of aryl methyl sites for hydroxylation is 1. The highest BCUT2D eigenvalue weighted by Gasteiger charge is 2.41. The number of carbonyl (C=O) groups excluding carboxylic acids is 1. The Labute approximate surface area is 165 Å². The van der Waals surface area contributed by atoms with E-state index in [0.29, 0.717) is 11.5 Å². The average Bonchev–Trinajstić information content (AvgIpc) is 3.18. The molecule has 3 N–H and O–H groups in total. The lowest BCUT2D eigenvalue weighted by Crippen LogP contribution is -2.35. The molecule has 1 aliphatic carbocycles. The lowest BCUT2D eigenvalue weighted by atomic mass is 9.80. The molecule has 3 aromatic rings. The minimum Gasteiger partial charge on any atom is -0.379 e. The predicted molar refractivity (Wildman–Crippen MR) is 111 cm³/mol. The smallest absolute Gasteiger partial charge is 0.252 e. The maximum Gasteiger partial charge on any atom is 0.252 e. The molecule has 1 saturated carbocycles. The molecule has 0 saturated heterocycles. The van der Waals surface area contributed by atoms with E-state index in [-0.39, 0.29) is 11.5 Å². The Balaban J connectivity index is 1.84. The van der Waals surface area contributed by atoms with Crippen LogP contribution in [0, 0.1) is 18.3 Å². The third-order valence-corrected chi connectivity index (χ3v) is 6.60. The Bertz CT molecular complexity index is 1050. The maximum atomic E-state index is 12.1. The summed E-state index contributed by atoms with van der Waals surface area (Å²) in [5.74, 6) is 0.141. The van der Waals surface area contributed by atoms with Gasteiger partial charge in [0.25, 0.3) is 5.91 Å². The molecular weight excluding hydrogens is 350 g/mol. The van der Waals surface area contributed by atoms with Crippen molar-refractivity contribution in [3.8, 4) is 11.1 Å². The molecule has 0 bridgehead atoms. The molecule has 146 valence electrons. The van der Waals surface area contributed by atoms with Crippen LogP contribution in [-0.2, 0) is 0 Å². The summed E-state index contributed by atoms with van der Waals surface area (Å²) in [5.41, 5.74) is 10.9. The van der Waals surface area contributed by atoms with Gasteiger partial charge in [-0.05, 0) is 43.2 Å². The number of pyridine rings is 1. The summed E-state index contributed by atoms with van der Waals surface area (Å²) in [4.78, 5) is 16.5. The van der Waals surface area contributed by atoms with Crippen LogP contribution in [0.2, 0.25) is 0 Å². The third-order valence-electron chi connectivity index (χ3n) is 6.60. The SMILES string of the molecule is Cc1ncccc1-c1cc2c(N[C@@H]3CCC(C)C3(C)C)c(C(N)=O)cnn2c1. The Hall–Kier alpha value is -2.89. The summed E-state index contributed by atoms with van der Waals surface area (Å²) < 4.78 is 1.81. The highest BCUT2D eigenvalue weighted by atomic mass is 16.1. The number of amides is 1. The average molecular weight is 377 g/mol. The van der Waals surface area contributed by atoms with Gasteiger partial charge in [-0.2, -0.15) is 5.10 Å². The van der Waals surface area contributed by atoms with E-state index in [1.54, 1.807) is 12.4 Å². The first-order chi connectivity index (χ1) is 13.3. The van der Waals surface area contributed by atoms with Gasteiger partial charge in [0.2, 0.25) is 0 Å². The molecule has 0 aliphatic heterocycles. The Morgan fingerprint density at radius 2 is 2.14 bits per heavy atom. The minimum absolute atomic E-state index is 0.130. The van der Waals surface area contributed by atoms with Gasteiger partial charge >= 0.3 is 0 Å². The molecule has 0 spiro atoms. The van der Waals surface area contributed by atoms with Crippen LogP contribution >= 0.6 is 0 Å². The second-order valence-corrected chi connectivity index (χ2v) is 8.49. The Morgan fingerprint density at radius 3 is 2.79 bits per heavy atom. The van der Waals surface area contributed by atoms with Crippen LogP contribution < -0.4 is 11.1 Å². The fourth-order valence-electron chi connectivity index (χ4n) is 4.27. The van der Waals surface area contributed by atoms with Crippen LogP contribution in [0.3, 0.4) is 0 Å². The van der Waals surface area contributed by atoms with Gasteiger partial charge in [0.05, 0.1) is 23.0 Å². The molecule has 6 heteroatoms. The summed E-state index contributed by atoms with van der Waals surface area (Å²) in [6, 6.07) is 6.29. The molecule has 1 aliphatic rings. The van der Waals surface area contributed by atoms with E-state index in [1.807, 2.05) is 29.8 Å². The van der Waals surface area contributed by atoms with Gasteiger partial charge in [0.15, 0.2) is 0 Å². The number of aromatic nitrogens is 3. The summed E-state index contributed by atoms with van der Waals surface area (Å²) >= 11 is 0. The normalized spacial score (nSPS) is 21.1. The second-order valence-electron chi connectivity index (χ2n) is 8.49. The number of hydrogen-bond donors (Lipinski definition) is 2. The number of rotatable bonds is 4. The fourth-order valence-corrected chi connectivity index (χ4v) is 4.27. The molecule has 3 aromatic heterocycles. The van der Waals surface area contributed by atoms with Crippen molar-refractivity contribution in [1.29, 1.82) is 0 Å². The van der Waals surface area contributed by atoms with Crippen molar-refractivity contribution >= 4 is 17.1 Å². The highest BCUT2D eigenvalue weighted by molar-refractivity contribution is 6.02. The van der Waals surface area contributed by atoms with E-state index in [4.69, 9.17) is 5.73 Å². The van der Waals surface area contributed by atoms with Crippen LogP contribution in [-0.4, -0.2) is 26.5 Å². The standard InChI is InChI=1S/C22H27N5O/c1-13-7-8-19(22(13,3)4)26-20-17(21(23)28)11-25-27-12-15(10-18(20)27)16-6-5-9-24-14(16)2/h5-6,9-13,19,26H,7-8H2,1-4H3,(H2,23,28)/t13?,19-/m1/s1. The third kappa shape index (κ3) is 2.93. The van der Waals surface area contributed by atoms with E-state index < -0.39 is 5.91 Å². The topological polar surface area (TPSA) is 85.3 Å². The predicted octanol–water partition coefficient (Wildman–Crippen LogP) is 4.04. The Kier molecular flexibility index (Phi) is 4.37. The van der Waals surface area contributed by atoms with Crippen molar-refractivity contribution < 1.29 is 4.79 Å². The second kappa shape index (κ2) is 6.62. The maximum absolute atomic E-state index is 12.1. The molecule has 28 heavy (non-hydrogen) atoms. The molecular formula is C22H27N5O. The zero-order valence-electron chi connectivity index (χ0n) is 16.9. The van der Waals surface area contributed by atoms with Crippen molar-refractivity contribution in [2.45, 2.75) is 46.6 Å². The summed E-state index contributed by atoms with van der Waals surface area (Å²) in [5, 5.41) is 8.08. The monoisotopic (exact) mass is 377 g/mol. The van der Waals surface area contributed by atoms with Crippen molar-refractivity contribution in [2.75, 3.05) is 5.32 Å². The number of anilines is 1. The molecule has 2 atom stereocenters. The first-order valence-electron chi connectivity index (χ1n) is 9.78. The van der Waals surface area contributed by atoms with Crippen LogP contribution in [0.15, 0.2) is 36.8 Å². The van der Waals surface area contributed by atoms with Crippen LogP contribution in [0.4, 0.5) is 5.69 Å². The van der Waals surface area contributed by atoms with Gasteiger partial charge in [0, 0.05) is 35.3 Å². The number of fused-ring (bicyclic) bond motifs is 1. The first-order valence-corrected chi connectivity index (χ1v) is 9.78. The molecule has 1 amide bonds. The van der Waals surface area contributed by atoms with E-state index in [0.717, 1.165) is 34.4 Å². The van der Waals surface area contributed by atoms with Crippen molar-refractivity contribution in [2.24, 2.45) is 17.1 Å². The van der Waals surface area contributed by atoms with E-state index in [2.05, 4.69) is 42.2 Å². The van der Waals surface area contributed by atoms with Gasteiger partial charge in [0.1, 0.15) is 0 Å². The van der Waals surface area contributed by atoms with Gasteiger partial charge in [-0.25, -0.2) is 4.52 Å². The van der Waals surface area contributed by atoms with Gasteiger partial charge in [-0.3, -0.25) is 9.78 Å². The zero-order chi connectivity index (χ0) is 20.1. The van der Waals surface area contributed by atoms with Crippen molar-refractivity contribution in [1.82, 2.24) is 14.6 Å². The highest BCUT2D eigenvalue weighted by Crippen LogP contribution is 2.44. The van der Waals surface area contributed by atoms with Crippen LogP contribution in [0.25, 0.3) is 16.6 Å². The van der Waals surface area contributed by atoms with Crippen LogP contribution in [0.5, 0.6) is 0 Å². The van der Waals surface area contributed by atoms with E-state index in [1.165, 1.54) is 6.42 Å². The van der Waals surface area contributed by atoms with Crippen molar-refractivity contribution in [3.05, 3.63) is 48.0 Å². The number of primary amides is 1. The zero-order valence-corrected chi connectivity index (χ0v) is 16.9. The number of hydrogen-bond acceptors (Lipinski definition) is 4. The largest absolute Gasteiger partial charge is 0.379 e. The fraction of sp³-hybridized carbons (Fsp3) is 0.409. The Morgan fingerprint density at radius 1 is 1.36 bits per heavy atom. The number of nitrogens with one attached hydrogen (secondary N) is 1. The van der Waals surface area contributed by atoms with Gasteiger partial charge in [-0.1, -0.05) is 26.8 Å². The summed E-state index contributed by atoms with van der Waals surface area (Å²) in [7, 11) is 0. The minimum atomic E-state index is -0.471. The first kappa shape index (κ1) is 18.5. The molecule has 6 nitrogen and oxygen atoms in total. The molecule has 0 aromatic carbocycles. The molecule has 4 rings (SSSR count). The molecule has 0 radical (unpaired) electrons. The van der Waals surface area contributed by atoms with Gasteiger partial charge < -0.3 is 11.1 Å². The lowest BCUT2D eigenvalue weighted by Gasteiger charge is -2.33. The molecule has 1 unspecified atom stereocenters. The van der Waals surface area contributed by atoms with E-state index >= 15 is 0 Å². The summed E-state index contributed by atoms with van der Waals surface area (Å²) in [6.45, 7) is 8.85. The number of nitrogens with zero attached hydrogens (tertiary/aromatic N) is 3. The van der Waals surface area contributed by atoms with E-state index in [9.17, 15) is 4.79 Å².